The molecule has 1 aromatic rings. The summed E-state index contributed by atoms with van der Waals surface area (Å²) in [7, 11) is 1.39. The van der Waals surface area contributed by atoms with Crippen LogP contribution in [0.15, 0.2) is 30.3 Å². The second-order valence-corrected chi connectivity index (χ2v) is 3.99. The Morgan fingerprint density at radius 3 is 3.00 bits per heavy atom. The molecule has 1 aliphatic heterocycles. The number of esters is 1. The van der Waals surface area contributed by atoms with Gasteiger partial charge in [-0.2, -0.15) is 0 Å². The average Bonchev–Trinajstić information content (AvgIpc) is 2.89. The molecule has 1 saturated heterocycles. The van der Waals surface area contributed by atoms with Gasteiger partial charge in [0.2, 0.25) is 0 Å². The molecule has 1 aromatic carbocycles. The van der Waals surface area contributed by atoms with Gasteiger partial charge in [-0.05, 0) is 24.5 Å². The van der Waals surface area contributed by atoms with Crippen LogP contribution in [0.4, 0.5) is 0 Å². The van der Waals surface area contributed by atoms with Crippen molar-refractivity contribution in [1.82, 2.24) is 0 Å². The van der Waals surface area contributed by atoms with Gasteiger partial charge in [0.15, 0.2) is 0 Å². The van der Waals surface area contributed by atoms with E-state index in [0.29, 0.717) is 5.56 Å². The van der Waals surface area contributed by atoms with Gasteiger partial charge in [0, 0.05) is 6.61 Å². The SMILES string of the molecule is COC(=O)c1ccccc1/C=C/C1CCCO1. The second-order valence-electron chi connectivity index (χ2n) is 3.99. The maximum Gasteiger partial charge on any atom is 0.338 e. The minimum atomic E-state index is -0.308. The lowest BCUT2D eigenvalue weighted by Gasteiger charge is -2.05. The van der Waals surface area contributed by atoms with Crippen molar-refractivity contribution in [3.05, 3.63) is 41.5 Å². The Bertz CT molecular complexity index is 417. The highest BCUT2D eigenvalue weighted by atomic mass is 16.5. The Labute approximate surface area is 101 Å². The van der Waals surface area contributed by atoms with Crippen molar-refractivity contribution < 1.29 is 14.3 Å². The first-order valence-electron chi connectivity index (χ1n) is 5.78. The van der Waals surface area contributed by atoms with Gasteiger partial charge in [-0.25, -0.2) is 4.79 Å². The first kappa shape index (κ1) is 11.9. The summed E-state index contributed by atoms with van der Waals surface area (Å²) in [5.74, 6) is -0.308. The number of hydrogen-bond acceptors (Lipinski definition) is 3. The lowest BCUT2D eigenvalue weighted by Crippen LogP contribution is -2.04. The van der Waals surface area contributed by atoms with Crippen molar-refractivity contribution in [2.45, 2.75) is 18.9 Å². The molecule has 0 aromatic heterocycles. The smallest absolute Gasteiger partial charge is 0.338 e. The van der Waals surface area contributed by atoms with E-state index in [4.69, 9.17) is 9.47 Å². The average molecular weight is 232 g/mol. The second kappa shape index (κ2) is 5.64. The number of rotatable bonds is 3. The van der Waals surface area contributed by atoms with Crippen molar-refractivity contribution in [3.8, 4) is 0 Å². The number of benzene rings is 1. The number of ether oxygens (including phenoxy) is 2. The van der Waals surface area contributed by atoms with Gasteiger partial charge in [-0.15, -0.1) is 0 Å². The van der Waals surface area contributed by atoms with Crippen LogP contribution in [-0.2, 0) is 9.47 Å². The van der Waals surface area contributed by atoms with Crippen molar-refractivity contribution in [1.29, 1.82) is 0 Å². The fourth-order valence-corrected chi connectivity index (χ4v) is 1.90. The number of carbonyl (C=O) groups excluding carboxylic acids is 1. The first-order valence-corrected chi connectivity index (χ1v) is 5.78. The molecule has 1 unspecified atom stereocenters. The van der Waals surface area contributed by atoms with Gasteiger partial charge >= 0.3 is 5.97 Å². The zero-order valence-electron chi connectivity index (χ0n) is 9.89. The van der Waals surface area contributed by atoms with Crippen LogP contribution in [0.3, 0.4) is 0 Å². The van der Waals surface area contributed by atoms with E-state index in [9.17, 15) is 4.79 Å². The summed E-state index contributed by atoms with van der Waals surface area (Å²) in [6, 6.07) is 7.40. The first-order chi connectivity index (χ1) is 8.31. The van der Waals surface area contributed by atoms with E-state index >= 15 is 0 Å². The number of carbonyl (C=O) groups is 1. The van der Waals surface area contributed by atoms with E-state index in [1.54, 1.807) is 6.07 Å². The number of methoxy groups -OCH3 is 1. The van der Waals surface area contributed by atoms with Gasteiger partial charge in [0.05, 0.1) is 18.8 Å². The van der Waals surface area contributed by atoms with Crippen LogP contribution in [0.2, 0.25) is 0 Å². The summed E-state index contributed by atoms with van der Waals surface area (Å²) in [6.45, 7) is 0.827. The highest BCUT2D eigenvalue weighted by Gasteiger charge is 2.13. The molecule has 0 N–H and O–H groups in total. The maximum absolute atomic E-state index is 11.5. The van der Waals surface area contributed by atoms with E-state index in [-0.39, 0.29) is 12.1 Å². The monoisotopic (exact) mass is 232 g/mol. The minimum absolute atomic E-state index is 0.181. The lowest BCUT2D eigenvalue weighted by molar-refractivity contribution is 0.0600. The molecule has 0 saturated carbocycles. The quantitative estimate of drug-likeness (QED) is 0.751. The molecule has 0 bridgehead atoms. The van der Waals surface area contributed by atoms with Crippen molar-refractivity contribution >= 4 is 12.0 Å². The Hall–Kier alpha value is -1.61. The maximum atomic E-state index is 11.5. The van der Waals surface area contributed by atoms with E-state index in [1.807, 2.05) is 30.4 Å². The van der Waals surface area contributed by atoms with Crippen LogP contribution in [0.5, 0.6) is 0 Å². The molecule has 0 spiro atoms. The third kappa shape index (κ3) is 2.94. The molecule has 1 aliphatic rings. The summed E-state index contributed by atoms with van der Waals surface area (Å²) in [4.78, 5) is 11.5. The third-order valence-electron chi connectivity index (χ3n) is 2.82. The van der Waals surface area contributed by atoms with Crippen LogP contribution in [0, 0.1) is 0 Å². The molecule has 90 valence electrons. The molecule has 0 radical (unpaired) electrons. The molecule has 1 atom stereocenters. The van der Waals surface area contributed by atoms with Crippen LogP contribution in [0.1, 0.15) is 28.8 Å². The van der Waals surface area contributed by atoms with Crippen LogP contribution in [-0.4, -0.2) is 25.8 Å². The fourth-order valence-electron chi connectivity index (χ4n) is 1.90. The van der Waals surface area contributed by atoms with E-state index in [2.05, 4.69) is 0 Å². The zero-order valence-corrected chi connectivity index (χ0v) is 9.89. The molecule has 1 heterocycles. The van der Waals surface area contributed by atoms with Crippen molar-refractivity contribution in [2.75, 3.05) is 13.7 Å². The van der Waals surface area contributed by atoms with Gasteiger partial charge in [-0.3, -0.25) is 0 Å². The molecule has 17 heavy (non-hydrogen) atoms. The van der Waals surface area contributed by atoms with E-state index in [1.165, 1.54) is 7.11 Å². The summed E-state index contributed by atoms with van der Waals surface area (Å²) in [5.41, 5.74) is 1.46. The van der Waals surface area contributed by atoms with Gasteiger partial charge < -0.3 is 9.47 Å². The van der Waals surface area contributed by atoms with E-state index < -0.39 is 0 Å². The molecular formula is C14H16O3. The van der Waals surface area contributed by atoms with Crippen molar-refractivity contribution in [2.24, 2.45) is 0 Å². The van der Waals surface area contributed by atoms with Crippen LogP contribution < -0.4 is 0 Å². The Balaban J connectivity index is 2.16. The van der Waals surface area contributed by atoms with Crippen LogP contribution in [0.25, 0.3) is 6.08 Å². The predicted octanol–water partition coefficient (Wildman–Crippen LogP) is 2.67. The third-order valence-corrected chi connectivity index (χ3v) is 2.82. The van der Waals surface area contributed by atoms with Gasteiger partial charge in [-0.1, -0.05) is 30.4 Å². The Morgan fingerprint density at radius 1 is 1.47 bits per heavy atom. The standard InChI is InChI=1S/C14H16O3/c1-16-14(15)13-7-3-2-5-11(13)8-9-12-6-4-10-17-12/h2-3,5,7-9,12H,4,6,10H2,1H3/b9-8+. The van der Waals surface area contributed by atoms with Crippen LogP contribution >= 0.6 is 0 Å². The Morgan fingerprint density at radius 2 is 2.29 bits per heavy atom. The molecule has 0 amide bonds. The zero-order chi connectivity index (χ0) is 12.1. The summed E-state index contributed by atoms with van der Waals surface area (Å²) < 4.78 is 10.2. The predicted molar refractivity (Wildman–Crippen MR) is 65.8 cm³/mol. The largest absolute Gasteiger partial charge is 0.465 e. The molecular weight excluding hydrogens is 216 g/mol. The normalized spacial score (nSPS) is 19.7. The topological polar surface area (TPSA) is 35.5 Å². The van der Waals surface area contributed by atoms with E-state index in [0.717, 1.165) is 25.0 Å². The highest BCUT2D eigenvalue weighted by Crippen LogP contribution is 2.17. The molecule has 0 aliphatic carbocycles. The fraction of sp³-hybridized carbons (Fsp3) is 0.357. The minimum Gasteiger partial charge on any atom is -0.465 e. The molecule has 3 heteroatoms. The molecule has 3 nitrogen and oxygen atoms in total. The summed E-state index contributed by atoms with van der Waals surface area (Å²) in [6.07, 6.45) is 6.28. The lowest BCUT2D eigenvalue weighted by atomic mass is 10.1. The number of hydrogen-bond donors (Lipinski definition) is 0. The summed E-state index contributed by atoms with van der Waals surface area (Å²) >= 11 is 0. The molecule has 1 fully saturated rings. The highest BCUT2D eigenvalue weighted by molar-refractivity contribution is 5.93. The Kier molecular flexibility index (Phi) is 3.94. The van der Waals surface area contributed by atoms with Gasteiger partial charge in [0.1, 0.15) is 0 Å². The van der Waals surface area contributed by atoms with Gasteiger partial charge in [0.25, 0.3) is 0 Å². The molecule has 2 rings (SSSR count). The summed E-state index contributed by atoms with van der Waals surface area (Å²) in [5, 5.41) is 0. The van der Waals surface area contributed by atoms with Crippen molar-refractivity contribution in [3.63, 3.8) is 0 Å².